The third kappa shape index (κ3) is 10.3. The highest BCUT2D eigenvalue weighted by Gasteiger charge is 2.26. The summed E-state index contributed by atoms with van der Waals surface area (Å²) in [7, 11) is -3.11. The largest absolute Gasteiger partial charge is 0.445 e. The predicted octanol–water partition coefficient (Wildman–Crippen LogP) is 0.211. The van der Waals surface area contributed by atoms with E-state index in [0.29, 0.717) is 0 Å². The van der Waals surface area contributed by atoms with Crippen molar-refractivity contribution in [3.8, 4) is 0 Å². The van der Waals surface area contributed by atoms with Crippen LogP contribution in [0.5, 0.6) is 0 Å². The van der Waals surface area contributed by atoms with Crippen molar-refractivity contribution in [2.24, 2.45) is 5.73 Å². The monoisotopic (exact) mass is 413 g/mol. The highest BCUT2D eigenvalue weighted by molar-refractivity contribution is 7.59. The predicted molar refractivity (Wildman–Crippen MR) is 97.5 cm³/mol. The Hall–Kier alpha value is -2.95. The van der Waals surface area contributed by atoms with Crippen molar-refractivity contribution in [2.45, 2.75) is 50.8 Å². The first-order chi connectivity index (χ1) is 13.3. The van der Waals surface area contributed by atoms with Crippen LogP contribution >= 0.6 is 0 Å². The molecule has 154 valence electrons. The van der Waals surface area contributed by atoms with E-state index in [4.69, 9.17) is 23.1 Å². The van der Waals surface area contributed by atoms with Gasteiger partial charge in [0.15, 0.2) is 0 Å². The fourth-order valence-corrected chi connectivity index (χ4v) is 2.69. The number of primary amides is 1. The van der Waals surface area contributed by atoms with E-state index >= 15 is 0 Å². The van der Waals surface area contributed by atoms with E-state index in [1.807, 2.05) is 30.3 Å². The zero-order chi connectivity index (χ0) is 20.9. The van der Waals surface area contributed by atoms with Gasteiger partial charge in [0.05, 0.1) is 6.42 Å². The normalized spacial score (nSPS) is 14.1. The van der Waals surface area contributed by atoms with Gasteiger partial charge in [-0.15, -0.1) is 12.6 Å². The van der Waals surface area contributed by atoms with E-state index in [9.17, 15) is 14.4 Å². The molecule has 0 spiro atoms. The van der Waals surface area contributed by atoms with Crippen LogP contribution in [0.3, 0.4) is 0 Å². The second kappa shape index (κ2) is 12.4. The summed E-state index contributed by atoms with van der Waals surface area (Å²) in [6.45, 7) is 0.0835. The highest BCUT2D eigenvalue weighted by Crippen LogP contribution is 2.17. The van der Waals surface area contributed by atoms with E-state index < -0.39 is 34.6 Å². The Kier molecular flexibility index (Phi) is 10.3. The molecule has 11 heteroatoms. The van der Waals surface area contributed by atoms with Crippen LogP contribution in [-0.2, 0) is 31.5 Å². The standard InChI is InChI=1S/C17H23N3O4.O3S/c18-15(21)10-14(16(22)19-13-8-4-5-9-13)20-17(23)24-11-12-6-2-1-3-7-12;1-4(2)3/h1-3,6-7,13-14H,4-5,8-11H2,(H2,18,21)(H,19,22)(H,20,23);/t14-;/m0./s1. The number of amides is 3. The van der Waals surface area contributed by atoms with Crippen LogP contribution < -0.4 is 16.4 Å². The number of nitrogens with two attached hydrogens (primary N) is 1. The molecule has 1 aliphatic carbocycles. The molecule has 0 aliphatic heterocycles. The molecule has 1 saturated carbocycles. The lowest BCUT2D eigenvalue weighted by Gasteiger charge is -2.20. The molecule has 1 aromatic rings. The number of ether oxygens (including phenoxy) is 1. The van der Waals surface area contributed by atoms with E-state index in [2.05, 4.69) is 10.6 Å². The van der Waals surface area contributed by atoms with Gasteiger partial charge < -0.3 is 21.1 Å². The molecule has 0 unspecified atom stereocenters. The Morgan fingerprint density at radius 2 is 1.68 bits per heavy atom. The van der Waals surface area contributed by atoms with E-state index in [1.54, 1.807) is 0 Å². The van der Waals surface area contributed by atoms with Crippen LogP contribution in [-0.4, -0.2) is 42.6 Å². The van der Waals surface area contributed by atoms with Crippen LogP contribution in [0.2, 0.25) is 0 Å². The quantitative estimate of drug-likeness (QED) is 0.575. The lowest BCUT2D eigenvalue weighted by molar-refractivity contribution is -0.127. The maximum atomic E-state index is 12.3. The van der Waals surface area contributed by atoms with Gasteiger partial charge in [-0.3, -0.25) is 9.59 Å². The Bertz CT molecular complexity index is 755. The molecule has 1 aliphatic rings. The molecule has 4 N–H and O–H groups in total. The summed E-state index contributed by atoms with van der Waals surface area (Å²) in [5.41, 5.74) is 6.00. The summed E-state index contributed by atoms with van der Waals surface area (Å²) in [4.78, 5) is 35.3. The second-order valence-electron chi connectivity index (χ2n) is 6.12. The number of benzene rings is 1. The van der Waals surface area contributed by atoms with Crippen LogP contribution in [0, 0.1) is 0 Å². The minimum absolute atomic E-state index is 0.0835. The van der Waals surface area contributed by atoms with E-state index in [1.165, 1.54) is 0 Å². The summed E-state index contributed by atoms with van der Waals surface area (Å²) in [5, 5.41) is 5.26. The summed E-state index contributed by atoms with van der Waals surface area (Å²) >= 11 is 0. The number of hydrogen-bond donors (Lipinski definition) is 3. The highest BCUT2D eigenvalue weighted by atomic mass is 32.2. The molecule has 10 nitrogen and oxygen atoms in total. The molecule has 0 bridgehead atoms. The molecule has 3 amide bonds. The van der Waals surface area contributed by atoms with Gasteiger partial charge in [-0.25, -0.2) is 4.79 Å². The van der Waals surface area contributed by atoms with Gasteiger partial charge in [0.2, 0.25) is 11.8 Å². The fourth-order valence-electron chi connectivity index (χ4n) is 2.69. The molecule has 1 atom stereocenters. The fraction of sp³-hybridized carbons (Fsp3) is 0.471. The molecule has 0 heterocycles. The molecule has 2 rings (SSSR count). The first-order valence-electron chi connectivity index (χ1n) is 8.60. The zero-order valence-corrected chi connectivity index (χ0v) is 15.9. The SMILES string of the molecule is NC(=O)C[C@H](NC(=O)OCc1ccccc1)C(=O)NC1CCCC1.O=S(=O)=O. The van der Waals surface area contributed by atoms with E-state index in [-0.39, 0.29) is 19.1 Å². The lowest BCUT2D eigenvalue weighted by Crippen LogP contribution is -2.50. The summed E-state index contributed by atoms with van der Waals surface area (Å²) in [6, 6.07) is 8.24. The van der Waals surface area contributed by atoms with Gasteiger partial charge in [-0.2, -0.15) is 0 Å². The number of rotatable bonds is 7. The number of nitrogens with one attached hydrogen (secondary N) is 2. The third-order valence-electron chi connectivity index (χ3n) is 3.93. The van der Waals surface area contributed by atoms with Crippen LogP contribution in [0.15, 0.2) is 30.3 Å². The van der Waals surface area contributed by atoms with Gasteiger partial charge in [-0.1, -0.05) is 43.2 Å². The Balaban J connectivity index is 0.000000892. The smallest absolute Gasteiger partial charge is 0.425 e. The van der Waals surface area contributed by atoms with Crippen molar-refractivity contribution in [1.29, 1.82) is 0 Å². The molecule has 1 fully saturated rings. The maximum Gasteiger partial charge on any atom is 0.425 e. The third-order valence-corrected chi connectivity index (χ3v) is 3.93. The van der Waals surface area contributed by atoms with Crippen molar-refractivity contribution in [2.75, 3.05) is 0 Å². The average molecular weight is 413 g/mol. The summed E-state index contributed by atoms with van der Waals surface area (Å²) in [6.07, 6.45) is 2.93. The second-order valence-corrected chi connectivity index (χ2v) is 6.53. The van der Waals surface area contributed by atoms with Crippen molar-refractivity contribution in [1.82, 2.24) is 10.6 Å². The number of carbonyl (C=O) groups excluding carboxylic acids is 3. The molecular formula is C17H23N3O7S. The minimum Gasteiger partial charge on any atom is -0.445 e. The van der Waals surface area contributed by atoms with Crippen LogP contribution in [0.1, 0.15) is 37.7 Å². The summed E-state index contributed by atoms with van der Waals surface area (Å²) in [5.74, 6) is -1.07. The molecule has 0 aromatic heterocycles. The van der Waals surface area contributed by atoms with E-state index in [0.717, 1.165) is 31.2 Å². The topological polar surface area (TPSA) is 162 Å². The molecule has 0 radical (unpaired) electrons. The van der Waals surface area contributed by atoms with Gasteiger partial charge in [0.1, 0.15) is 12.6 Å². The van der Waals surface area contributed by atoms with Gasteiger partial charge in [0, 0.05) is 6.04 Å². The Morgan fingerprint density at radius 1 is 1.11 bits per heavy atom. The average Bonchev–Trinajstić information content (AvgIpc) is 3.12. The number of hydrogen-bond acceptors (Lipinski definition) is 7. The maximum absolute atomic E-state index is 12.3. The van der Waals surface area contributed by atoms with Crippen LogP contribution in [0.25, 0.3) is 0 Å². The van der Waals surface area contributed by atoms with Gasteiger partial charge >= 0.3 is 16.7 Å². The Morgan fingerprint density at radius 3 is 2.21 bits per heavy atom. The molecule has 1 aromatic carbocycles. The van der Waals surface area contributed by atoms with Crippen molar-refractivity contribution in [3.63, 3.8) is 0 Å². The lowest BCUT2D eigenvalue weighted by atomic mass is 10.1. The minimum atomic E-state index is -3.11. The first kappa shape index (κ1) is 23.1. The van der Waals surface area contributed by atoms with Gasteiger partial charge in [0.25, 0.3) is 0 Å². The molecule has 0 saturated heterocycles. The summed E-state index contributed by atoms with van der Waals surface area (Å²) < 4.78 is 30.4. The number of alkyl carbamates (subject to hydrolysis) is 1. The van der Waals surface area contributed by atoms with Gasteiger partial charge in [-0.05, 0) is 18.4 Å². The zero-order valence-electron chi connectivity index (χ0n) is 15.1. The molecule has 28 heavy (non-hydrogen) atoms. The molecular weight excluding hydrogens is 390 g/mol. The Labute approximate surface area is 163 Å². The van der Waals surface area contributed by atoms with Crippen molar-refractivity contribution >= 4 is 28.5 Å². The first-order valence-corrected chi connectivity index (χ1v) is 9.60. The van der Waals surface area contributed by atoms with Crippen LogP contribution in [0.4, 0.5) is 4.79 Å². The van der Waals surface area contributed by atoms with Crippen molar-refractivity contribution in [3.05, 3.63) is 35.9 Å². The van der Waals surface area contributed by atoms with Crippen molar-refractivity contribution < 1.29 is 31.7 Å². The number of carbonyl (C=O) groups is 3.